The first-order chi connectivity index (χ1) is 11.7. The van der Waals surface area contributed by atoms with Gasteiger partial charge in [0.05, 0.1) is 6.42 Å². The van der Waals surface area contributed by atoms with Gasteiger partial charge in [-0.1, -0.05) is 30.3 Å². The third-order valence-electron chi connectivity index (χ3n) is 3.94. The summed E-state index contributed by atoms with van der Waals surface area (Å²) in [6.07, 6.45) is 0.324. The summed E-state index contributed by atoms with van der Waals surface area (Å²) in [5.74, 6) is 0.0768. The number of carbonyl (C=O) groups is 1. The molecular formula is C18H15N3O3. The molecule has 6 nitrogen and oxygen atoms in total. The number of fused-ring (bicyclic) bond motifs is 2. The van der Waals surface area contributed by atoms with E-state index in [0.717, 1.165) is 15.6 Å². The van der Waals surface area contributed by atoms with Crippen LogP contribution in [0.4, 0.5) is 0 Å². The average molecular weight is 321 g/mol. The molecule has 24 heavy (non-hydrogen) atoms. The van der Waals surface area contributed by atoms with E-state index in [0.29, 0.717) is 29.8 Å². The fraction of sp³-hybridized carbons (Fsp3) is 0.111. The van der Waals surface area contributed by atoms with Crippen molar-refractivity contribution in [3.05, 3.63) is 71.4 Å². The highest BCUT2D eigenvalue weighted by Crippen LogP contribution is 2.15. The lowest BCUT2D eigenvalue weighted by Gasteiger charge is -2.01. The Morgan fingerprint density at radius 3 is 2.79 bits per heavy atom. The van der Waals surface area contributed by atoms with Gasteiger partial charge < -0.3 is 19.9 Å². The molecule has 0 saturated heterocycles. The summed E-state index contributed by atoms with van der Waals surface area (Å²) in [7, 11) is 0. The van der Waals surface area contributed by atoms with Crippen molar-refractivity contribution in [2.75, 3.05) is 6.54 Å². The number of aromatic amines is 1. The zero-order valence-electron chi connectivity index (χ0n) is 12.8. The molecule has 0 fully saturated rings. The lowest BCUT2D eigenvalue weighted by atomic mass is 10.2. The van der Waals surface area contributed by atoms with E-state index in [1.54, 1.807) is 24.3 Å². The third-order valence-corrected chi connectivity index (χ3v) is 3.94. The number of nitrogens with one attached hydrogen (secondary N) is 2. The molecule has 0 radical (unpaired) electrons. The molecule has 2 heterocycles. The Balaban J connectivity index is 1.44. The van der Waals surface area contributed by atoms with Crippen LogP contribution in [-0.4, -0.2) is 17.4 Å². The molecule has 2 aromatic heterocycles. The maximum Gasteiger partial charge on any atom is 0.361 e. The van der Waals surface area contributed by atoms with Gasteiger partial charge in [-0.2, -0.15) is 0 Å². The largest absolute Gasteiger partial charge is 0.616 e. The molecule has 120 valence electrons. The molecule has 0 saturated carbocycles. The number of para-hydroxylation sites is 3. The Labute approximate surface area is 137 Å². The minimum atomic E-state index is -0.209. The first-order valence-corrected chi connectivity index (χ1v) is 7.68. The van der Waals surface area contributed by atoms with E-state index in [2.05, 4.69) is 10.3 Å². The summed E-state index contributed by atoms with van der Waals surface area (Å²) in [4.78, 5) is 15.3. The maximum absolute atomic E-state index is 12.2. The summed E-state index contributed by atoms with van der Waals surface area (Å²) in [5.41, 5.74) is 2.45. The van der Waals surface area contributed by atoms with Crippen molar-refractivity contribution < 1.29 is 13.9 Å². The van der Waals surface area contributed by atoms with E-state index in [1.807, 2.05) is 30.3 Å². The second kappa shape index (κ2) is 5.73. The first-order valence-electron chi connectivity index (χ1n) is 7.68. The number of rotatable bonds is 4. The van der Waals surface area contributed by atoms with Crippen molar-refractivity contribution in [1.82, 2.24) is 10.3 Å². The number of H-pyrrole nitrogens is 1. The molecule has 1 amide bonds. The highest BCUT2D eigenvalue weighted by atomic mass is 16.5. The van der Waals surface area contributed by atoms with Crippen LogP contribution in [-0.2, 0) is 6.42 Å². The van der Waals surface area contributed by atoms with Crippen molar-refractivity contribution in [3.8, 4) is 0 Å². The second-order valence-electron chi connectivity index (χ2n) is 5.53. The average Bonchev–Trinajstić information content (AvgIpc) is 3.17. The predicted octanol–water partition coefficient (Wildman–Crippen LogP) is 2.52. The molecule has 6 heteroatoms. The van der Waals surface area contributed by atoms with Crippen molar-refractivity contribution in [2.24, 2.45) is 0 Å². The Morgan fingerprint density at radius 2 is 1.96 bits per heavy atom. The van der Waals surface area contributed by atoms with Gasteiger partial charge >= 0.3 is 5.89 Å². The fourth-order valence-corrected chi connectivity index (χ4v) is 2.74. The summed E-state index contributed by atoms with van der Waals surface area (Å²) >= 11 is 0. The number of nitrogens with zero attached hydrogens (tertiary/aromatic N) is 1. The van der Waals surface area contributed by atoms with Gasteiger partial charge in [0.2, 0.25) is 5.58 Å². The van der Waals surface area contributed by atoms with Gasteiger partial charge in [-0.3, -0.25) is 4.79 Å². The van der Waals surface area contributed by atoms with E-state index in [1.165, 1.54) is 0 Å². The number of oxazole rings is 1. The van der Waals surface area contributed by atoms with Crippen LogP contribution < -0.4 is 10.0 Å². The molecule has 0 atom stereocenters. The Bertz CT molecular complexity index is 999. The fourth-order valence-electron chi connectivity index (χ4n) is 2.74. The molecule has 0 spiro atoms. The number of amides is 1. The van der Waals surface area contributed by atoms with Crippen LogP contribution in [0.3, 0.4) is 0 Å². The lowest BCUT2D eigenvalue weighted by molar-refractivity contribution is -0.592. The van der Waals surface area contributed by atoms with Crippen LogP contribution in [0, 0.1) is 5.21 Å². The number of carbonyl (C=O) groups excluding carboxylic acids is 1. The SMILES string of the molecule is O=C(NCCc1oc2ccccc2[n+]1[O-])c1cc2ccccc2[nH]1. The summed E-state index contributed by atoms with van der Waals surface area (Å²) < 4.78 is 6.29. The molecule has 0 bridgehead atoms. The van der Waals surface area contributed by atoms with Crippen LogP contribution >= 0.6 is 0 Å². The molecule has 2 N–H and O–H groups in total. The predicted molar refractivity (Wildman–Crippen MR) is 89.5 cm³/mol. The highest BCUT2D eigenvalue weighted by Gasteiger charge is 2.17. The van der Waals surface area contributed by atoms with E-state index in [9.17, 15) is 10.0 Å². The van der Waals surface area contributed by atoms with Crippen molar-refractivity contribution >= 4 is 27.9 Å². The Morgan fingerprint density at radius 1 is 1.17 bits per heavy atom. The summed E-state index contributed by atoms with van der Waals surface area (Å²) in [6.45, 7) is 0.316. The van der Waals surface area contributed by atoms with Crippen LogP contribution in [0.2, 0.25) is 0 Å². The topological polar surface area (TPSA) is 85.0 Å². The molecule has 4 rings (SSSR count). The normalized spacial score (nSPS) is 11.2. The first kappa shape index (κ1) is 14.3. The molecular weight excluding hydrogens is 306 g/mol. The number of hydrogen-bond acceptors (Lipinski definition) is 3. The molecule has 0 unspecified atom stereocenters. The van der Waals surface area contributed by atoms with Gasteiger partial charge in [-0.15, -0.1) is 4.73 Å². The highest BCUT2D eigenvalue weighted by molar-refractivity contribution is 5.97. The van der Waals surface area contributed by atoms with Gasteiger partial charge in [0, 0.05) is 23.5 Å². The Kier molecular flexibility index (Phi) is 3.42. The van der Waals surface area contributed by atoms with Crippen molar-refractivity contribution in [3.63, 3.8) is 0 Å². The molecule has 0 aliphatic rings. The summed E-state index contributed by atoms with van der Waals surface area (Å²) in [5, 5.41) is 15.9. The maximum atomic E-state index is 12.2. The smallest absolute Gasteiger partial charge is 0.361 e. The summed E-state index contributed by atoms with van der Waals surface area (Å²) in [6, 6.07) is 16.6. The number of aromatic nitrogens is 2. The number of hydrogen-bond donors (Lipinski definition) is 2. The van der Waals surface area contributed by atoms with Gasteiger partial charge in [-0.25, -0.2) is 0 Å². The standard InChI is InChI=1S/C18H15N3O3/c22-18(14-11-12-5-1-2-6-13(12)20-14)19-10-9-17-21(23)15-7-3-4-8-16(15)24-17/h1-8,11,20H,9-10H2,(H,19,22). The quantitative estimate of drug-likeness (QED) is 0.447. The zero-order chi connectivity index (χ0) is 16.5. The van der Waals surface area contributed by atoms with Crippen LogP contribution in [0.25, 0.3) is 22.0 Å². The Hall–Kier alpha value is -3.28. The van der Waals surface area contributed by atoms with Crippen LogP contribution in [0.1, 0.15) is 16.4 Å². The monoisotopic (exact) mass is 321 g/mol. The third kappa shape index (κ3) is 2.48. The van der Waals surface area contributed by atoms with E-state index in [4.69, 9.17) is 4.42 Å². The van der Waals surface area contributed by atoms with Gasteiger partial charge in [-0.05, 0) is 18.2 Å². The number of benzene rings is 2. The van der Waals surface area contributed by atoms with Gasteiger partial charge in [0.25, 0.3) is 11.4 Å². The van der Waals surface area contributed by atoms with E-state index in [-0.39, 0.29) is 11.8 Å². The van der Waals surface area contributed by atoms with Crippen molar-refractivity contribution in [1.29, 1.82) is 0 Å². The second-order valence-corrected chi connectivity index (χ2v) is 5.53. The minimum absolute atomic E-state index is 0.209. The van der Waals surface area contributed by atoms with Crippen LogP contribution in [0.5, 0.6) is 0 Å². The minimum Gasteiger partial charge on any atom is -0.616 e. The zero-order valence-corrected chi connectivity index (χ0v) is 12.8. The van der Waals surface area contributed by atoms with E-state index < -0.39 is 0 Å². The molecule has 0 aliphatic heterocycles. The van der Waals surface area contributed by atoms with Crippen LogP contribution in [0.15, 0.2) is 59.0 Å². The molecule has 0 aliphatic carbocycles. The molecule has 4 aromatic rings. The van der Waals surface area contributed by atoms with Gasteiger partial charge in [0.15, 0.2) is 0 Å². The lowest BCUT2D eigenvalue weighted by Crippen LogP contribution is -2.33. The van der Waals surface area contributed by atoms with Crippen molar-refractivity contribution in [2.45, 2.75) is 6.42 Å². The molecule has 2 aromatic carbocycles. The van der Waals surface area contributed by atoms with E-state index >= 15 is 0 Å². The van der Waals surface area contributed by atoms with Gasteiger partial charge in [0.1, 0.15) is 5.69 Å².